The van der Waals surface area contributed by atoms with Crippen LogP contribution < -0.4 is 0 Å². The van der Waals surface area contributed by atoms with Gasteiger partial charge in [-0.1, -0.05) is 24.3 Å². The molecule has 76 valence electrons. The molecule has 0 aliphatic carbocycles. The van der Waals surface area contributed by atoms with Crippen molar-refractivity contribution in [3.8, 4) is 0 Å². The molecule has 14 heavy (non-hydrogen) atoms. The molecule has 0 radical (unpaired) electrons. The Morgan fingerprint density at radius 3 is 2.71 bits per heavy atom. The maximum atomic E-state index is 11.1. The monoisotopic (exact) mass is 192 g/mol. The van der Waals surface area contributed by atoms with E-state index < -0.39 is 0 Å². The Bertz CT molecular complexity index is 284. The molecule has 0 amide bonds. The van der Waals surface area contributed by atoms with Crippen LogP contribution in [0.2, 0.25) is 0 Å². The maximum absolute atomic E-state index is 11.1. The average Bonchev–Trinajstić information content (AvgIpc) is 2.21. The first-order valence-corrected chi connectivity index (χ1v) is 4.72. The van der Waals surface area contributed by atoms with Crippen LogP contribution in [0.25, 0.3) is 5.53 Å². The molecule has 0 heterocycles. The van der Waals surface area contributed by atoms with E-state index in [4.69, 9.17) is 5.53 Å². The fourth-order valence-electron chi connectivity index (χ4n) is 0.903. The predicted molar refractivity (Wildman–Crippen MR) is 57.1 cm³/mol. The second kappa shape index (κ2) is 8.14. The van der Waals surface area contributed by atoms with E-state index in [1.165, 1.54) is 6.92 Å². The molecular weight excluding hydrogens is 176 g/mol. The molecule has 0 aromatic carbocycles. The van der Waals surface area contributed by atoms with Gasteiger partial charge in [-0.15, -0.1) is 0 Å². The minimum Gasteiger partial charge on any atom is -0.361 e. The Labute approximate surface area is 84.8 Å². The van der Waals surface area contributed by atoms with Crippen LogP contribution in [0.5, 0.6) is 0 Å². The molecule has 0 fully saturated rings. The Morgan fingerprint density at radius 2 is 2.14 bits per heavy atom. The van der Waals surface area contributed by atoms with E-state index in [9.17, 15) is 4.79 Å². The van der Waals surface area contributed by atoms with E-state index in [0.29, 0.717) is 6.42 Å². The van der Waals surface area contributed by atoms with Crippen LogP contribution in [0.3, 0.4) is 0 Å². The highest BCUT2D eigenvalue weighted by Crippen LogP contribution is 1.98. The zero-order chi connectivity index (χ0) is 10.8. The SMILES string of the molecule is CC=CC=CCCCC(=O)C(C)=[N+]=[N-]. The fourth-order valence-corrected chi connectivity index (χ4v) is 0.903. The first-order chi connectivity index (χ1) is 6.72. The summed E-state index contributed by atoms with van der Waals surface area (Å²) in [6.07, 6.45) is 9.97. The van der Waals surface area contributed by atoms with E-state index in [0.717, 1.165) is 12.8 Å². The van der Waals surface area contributed by atoms with Gasteiger partial charge >= 0.3 is 5.71 Å². The molecule has 0 saturated carbocycles. The highest BCUT2D eigenvalue weighted by atomic mass is 16.1. The van der Waals surface area contributed by atoms with Crippen molar-refractivity contribution in [3.05, 3.63) is 29.8 Å². The van der Waals surface area contributed by atoms with Crippen LogP contribution in [-0.2, 0) is 4.79 Å². The second-order valence-electron chi connectivity index (χ2n) is 2.95. The number of hydrogen-bond donors (Lipinski definition) is 0. The summed E-state index contributed by atoms with van der Waals surface area (Å²) in [6, 6.07) is 0. The van der Waals surface area contributed by atoms with Gasteiger partial charge in [-0.3, -0.25) is 4.79 Å². The number of allylic oxidation sites excluding steroid dienone is 4. The van der Waals surface area contributed by atoms with Crippen molar-refractivity contribution in [1.82, 2.24) is 0 Å². The molecule has 0 spiro atoms. The molecule has 0 rings (SSSR count). The summed E-state index contributed by atoms with van der Waals surface area (Å²) >= 11 is 0. The first kappa shape index (κ1) is 12.5. The summed E-state index contributed by atoms with van der Waals surface area (Å²) < 4.78 is 0. The van der Waals surface area contributed by atoms with E-state index in [1.54, 1.807) is 0 Å². The second-order valence-corrected chi connectivity index (χ2v) is 2.95. The summed E-state index contributed by atoms with van der Waals surface area (Å²) in [5.41, 5.74) is 8.50. The molecule has 3 heteroatoms. The zero-order valence-electron chi connectivity index (χ0n) is 8.73. The van der Waals surface area contributed by atoms with E-state index in [2.05, 4.69) is 4.79 Å². The van der Waals surface area contributed by atoms with E-state index >= 15 is 0 Å². The fraction of sp³-hybridized carbons (Fsp3) is 0.455. The molecule has 0 aliphatic heterocycles. The maximum Gasteiger partial charge on any atom is 0.331 e. The summed E-state index contributed by atoms with van der Waals surface area (Å²) in [5, 5.41) is 0. The van der Waals surface area contributed by atoms with Crippen molar-refractivity contribution in [2.75, 3.05) is 0 Å². The molecule has 0 aliphatic rings. The van der Waals surface area contributed by atoms with Gasteiger partial charge in [0, 0.05) is 13.3 Å². The van der Waals surface area contributed by atoms with Crippen LogP contribution in [0.15, 0.2) is 24.3 Å². The number of carbonyl (C=O) groups is 1. The Balaban J connectivity index is 3.65. The van der Waals surface area contributed by atoms with Gasteiger partial charge in [-0.25, -0.2) is 0 Å². The zero-order valence-corrected chi connectivity index (χ0v) is 8.73. The van der Waals surface area contributed by atoms with Crippen molar-refractivity contribution >= 4 is 11.5 Å². The molecular formula is C11H16N2O. The third-order valence-electron chi connectivity index (χ3n) is 1.77. The van der Waals surface area contributed by atoms with Crippen molar-refractivity contribution in [2.45, 2.75) is 33.1 Å². The Kier molecular flexibility index (Phi) is 7.29. The van der Waals surface area contributed by atoms with Gasteiger partial charge in [0.15, 0.2) is 0 Å². The number of nitrogens with zero attached hydrogens (tertiary/aromatic N) is 2. The van der Waals surface area contributed by atoms with E-state index in [1.807, 2.05) is 31.2 Å². The number of hydrogen-bond acceptors (Lipinski definition) is 1. The van der Waals surface area contributed by atoms with Gasteiger partial charge in [-0.2, -0.15) is 4.79 Å². The number of Topliss-reactive ketones (excluding diaryl/α,β-unsaturated/α-hetero) is 1. The molecule has 3 nitrogen and oxygen atoms in total. The summed E-state index contributed by atoms with van der Waals surface area (Å²) in [7, 11) is 0. The van der Waals surface area contributed by atoms with Crippen LogP contribution in [0, 0.1) is 0 Å². The van der Waals surface area contributed by atoms with Crippen molar-refractivity contribution in [2.24, 2.45) is 0 Å². The predicted octanol–water partition coefficient (Wildman–Crippen LogP) is 2.55. The molecule has 0 aromatic rings. The highest BCUT2D eigenvalue weighted by molar-refractivity contribution is 6.36. The molecule has 0 bridgehead atoms. The number of ketones is 1. The Hall–Kier alpha value is -1.47. The lowest BCUT2D eigenvalue weighted by Gasteiger charge is -1.90. The number of unbranched alkanes of at least 4 members (excludes halogenated alkanes) is 1. The topological polar surface area (TPSA) is 53.5 Å². The van der Waals surface area contributed by atoms with Crippen LogP contribution in [-0.4, -0.2) is 16.3 Å². The lowest BCUT2D eigenvalue weighted by molar-refractivity contribution is -0.117. The van der Waals surface area contributed by atoms with Gasteiger partial charge in [0.2, 0.25) is 5.78 Å². The van der Waals surface area contributed by atoms with Crippen molar-refractivity contribution < 1.29 is 9.58 Å². The van der Waals surface area contributed by atoms with Gasteiger partial charge in [-0.05, 0) is 19.8 Å². The van der Waals surface area contributed by atoms with Crippen molar-refractivity contribution in [1.29, 1.82) is 0 Å². The third-order valence-corrected chi connectivity index (χ3v) is 1.77. The normalized spacial score (nSPS) is 10.7. The standard InChI is InChI=1S/C11H16N2O/c1-3-4-5-6-7-8-9-11(14)10(2)13-12/h3-6H,7-9H2,1-2H3. The quantitative estimate of drug-likeness (QED) is 0.210. The number of rotatable bonds is 6. The summed E-state index contributed by atoms with van der Waals surface area (Å²) in [4.78, 5) is 14.0. The van der Waals surface area contributed by atoms with Gasteiger partial charge in [0.05, 0.1) is 0 Å². The van der Waals surface area contributed by atoms with Crippen molar-refractivity contribution in [3.63, 3.8) is 0 Å². The van der Waals surface area contributed by atoms with Gasteiger partial charge in [0.1, 0.15) is 0 Å². The molecule has 0 atom stereocenters. The third kappa shape index (κ3) is 6.09. The Morgan fingerprint density at radius 1 is 1.43 bits per heavy atom. The van der Waals surface area contributed by atoms with Gasteiger partial charge < -0.3 is 5.53 Å². The minimum absolute atomic E-state index is 0.0908. The molecule has 0 N–H and O–H groups in total. The molecule has 0 unspecified atom stereocenters. The largest absolute Gasteiger partial charge is 0.361 e. The average molecular weight is 192 g/mol. The summed E-state index contributed by atoms with van der Waals surface area (Å²) in [6.45, 7) is 3.47. The lowest BCUT2D eigenvalue weighted by atomic mass is 10.1. The minimum atomic E-state index is -0.0908. The van der Waals surface area contributed by atoms with Gasteiger partial charge in [0.25, 0.3) is 0 Å². The van der Waals surface area contributed by atoms with Crippen LogP contribution in [0.4, 0.5) is 0 Å². The van der Waals surface area contributed by atoms with Crippen LogP contribution >= 0.6 is 0 Å². The first-order valence-electron chi connectivity index (χ1n) is 4.72. The molecule has 0 aromatic heterocycles. The lowest BCUT2D eigenvalue weighted by Crippen LogP contribution is -2.10. The summed E-state index contributed by atoms with van der Waals surface area (Å²) in [5.74, 6) is -0.0908. The highest BCUT2D eigenvalue weighted by Gasteiger charge is 2.11. The number of carbonyl (C=O) groups excluding carboxylic acids is 1. The smallest absolute Gasteiger partial charge is 0.331 e. The van der Waals surface area contributed by atoms with E-state index in [-0.39, 0.29) is 11.5 Å². The molecule has 0 saturated heterocycles. The van der Waals surface area contributed by atoms with Crippen LogP contribution in [0.1, 0.15) is 33.1 Å².